The summed E-state index contributed by atoms with van der Waals surface area (Å²) in [5.41, 5.74) is 0.854. The lowest BCUT2D eigenvalue weighted by Crippen LogP contribution is -2.76. The Labute approximate surface area is 183 Å². The molecule has 0 radical (unpaired) electrons. The van der Waals surface area contributed by atoms with Gasteiger partial charge >= 0.3 is 0 Å². The lowest BCUT2D eigenvalue weighted by Gasteiger charge is -2.54. The minimum atomic E-state index is -3.60. The molecule has 8 nitrogen and oxygen atoms in total. The number of hydrogen-bond donors (Lipinski definition) is 0. The number of amides is 2. The molecular weight excluding hydrogens is 428 g/mol. The molecule has 10 heteroatoms. The number of halogens is 1. The van der Waals surface area contributed by atoms with Crippen LogP contribution in [0.3, 0.4) is 0 Å². The third kappa shape index (κ3) is 4.34. The fraction of sp³-hybridized carbons (Fsp3) is 0.600. The Kier molecular flexibility index (Phi) is 6.48. The number of carbonyl (C=O) groups excluding carboxylic acids is 2. The van der Waals surface area contributed by atoms with Crippen LogP contribution in [-0.2, 0) is 26.0 Å². The predicted molar refractivity (Wildman–Crippen MR) is 115 cm³/mol. The van der Waals surface area contributed by atoms with Gasteiger partial charge in [0.1, 0.15) is 18.2 Å². The summed E-state index contributed by atoms with van der Waals surface area (Å²) in [7, 11) is -0.118. The summed E-state index contributed by atoms with van der Waals surface area (Å²) in [4.78, 5) is 31.7. The average molecular weight is 457 g/mol. The zero-order valence-electron chi connectivity index (χ0n) is 17.9. The molecule has 2 fully saturated rings. The summed E-state index contributed by atoms with van der Waals surface area (Å²) in [5, 5.41) is 0.584. The third-order valence-corrected chi connectivity index (χ3v) is 7.32. The fourth-order valence-electron chi connectivity index (χ4n) is 4.18. The molecule has 0 spiro atoms. The fourth-order valence-corrected chi connectivity index (χ4v) is 5.33. The average Bonchev–Trinajstić information content (AvgIpc) is 2.64. The first-order valence-electron chi connectivity index (χ1n) is 9.92. The molecule has 3 unspecified atom stereocenters. The van der Waals surface area contributed by atoms with Crippen LogP contribution in [0.5, 0.6) is 0 Å². The van der Waals surface area contributed by atoms with Crippen molar-refractivity contribution < 1.29 is 18.0 Å². The van der Waals surface area contributed by atoms with E-state index in [-0.39, 0.29) is 30.9 Å². The Morgan fingerprint density at radius 3 is 2.20 bits per heavy atom. The quantitative estimate of drug-likeness (QED) is 0.656. The van der Waals surface area contributed by atoms with E-state index in [1.165, 1.54) is 9.21 Å². The topological polar surface area (TPSA) is 81.2 Å². The van der Waals surface area contributed by atoms with Gasteiger partial charge in [0.05, 0.1) is 12.8 Å². The van der Waals surface area contributed by atoms with E-state index in [4.69, 9.17) is 11.6 Å². The zero-order chi connectivity index (χ0) is 22.4. The van der Waals surface area contributed by atoms with Crippen LogP contribution in [0.1, 0.15) is 19.4 Å². The Bertz CT molecular complexity index is 919. The first-order valence-corrected chi connectivity index (χ1v) is 12.1. The second-order valence-electron chi connectivity index (χ2n) is 8.47. The molecule has 166 valence electrons. The molecule has 3 rings (SSSR count). The highest BCUT2D eigenvalue weighted by Crippen LogP contribution is 2.31. The van der Waals surface area contributed by atoms with Gasteiger partial charge in [-0.25, -0.2) is 8.42 Å². The summed E-state index contributed by atoms with van der Waals surface area (Å²) >= 11 is 5.99. The zero-order valence-corrected chi connectivity index (χ0v) is 19.5. The lowest BCUT2D eigenvalue weighted by molar-refractivity contribution is -0.171. The first-order chi connectivity index (χ1) is 13.9. The molecule has 1 aromatic rings. The largest absolute Gasteiger partial charge is 0.335 e. The molecule has 2 aliphatic rings. The van der Waals surface area contributed by atoms with Crippen LogP contribution >= 0.6 is 11.6 Å². The Morgan fingerprint density at radius 2 is 1.70 bits per heavy atom. The Balaban J connectivity index is 2.08. The summed E-state index contributed by atoms with van der Waals surface area (Å²) in [6, 6.07) is 5.58. The van der Waals surface area contributed by atoms with Gasteiger partial charge in [-0.1, -0.05) is 23.7 Å². The number of hydrogen-bond acceptors (Lipinski definition) is 5. The van der Waals surface area contributed by atoms with E-state index in [1.54, 1.807) is 36.0 Å². The number of rotatable bonds is 5. The SMILES string of the molecule is CC(C)N1CC2N(C(=O)C(N(C)C)CN2S(C)(=O)=O)C(Cc2ccc(Cl)cc2)C1=O. The molecule has 0 aliphatic carbocycles. The highest BCUT2D eigenvalue weighted by Gasteiger charge is 2.53. The van der Waals surface area contributed by atoms with E-state index < -0.39 is 28.3 Å². The smallest absolute Gasteiger partial charge is 0.246 e. The normalized spacial score (nSPS) is 25.9. The highest BCUT2D eigenvalue weighted by atomic mass is 35.5. The molecular formula is C20H29ClN4O4S. The monoisotopic (exact) mass is 456 g/mol. The van der Waals surface area contributed by atoms with Crippen molar-refractivity contribution in [3.63, 3.8) is 0 Å². The number of likely N-dealkylation sites (N-methyl/N-ethyl adjacent to an activating group) is 1. The van der Waals surface area contributed by atoms with Crippen molar-refractivity contribution >= 4 is 33.4 Å². The number of fused-ring (bicyclic) bond motifs is 1. The van der Waals surface area contributed by atoms with Gasteiger partial charge in [0.25, 0.3) is 0 Å². The van der Waals surface area contributed by atoms with Crippen molar-refractivity contribution in [2.45, 2.75) is 44.6 Å². The van der Waals surface area contributed by atoms with Gasteiger partial charge in [-0.3, -0.25) is 14.5 Å². The molecule has 2 saturated heterocycles. The summed E-state index contributed by atoms with van der Waals surface area (Å²) < 4.78 is 26.6. The van der Waals surface area contributed by atoms with Crippen LogP contribution in [0.4, 0.5) is 0 Å². The van der Waals surface area contributed by atoms with Crippen LogP contribution in [0, 0.1) is 0 Å². The number of sulfonamides is 1. The second-order valence-corrected chi connectivity index (χ2v) is 10.8. The predicted octanol–water partition coefficient (Wildman–Crippen LogP) is 0.862. The Morgan fingerprint density at radius 1 is 1.10 bits per heavy atom. The van der Waals surface area contributed by atoms with Crippen molar-refractivity contribution in [2.24, 2.45) is 0 Å². The van der Waals surface area contributed by atoms with Gasteiger partial charge in [-0.05, 0) is 45.6 Å². The highest BCUT2D eigenvalue weighted by molar-refractivity contribution is 7.88. The van der Waals surface area contributed by atoms with Gasteiger partial charge in [0.15, 0.2) is 0 Å². The van der Waals surface area contributed by atoms with E-state index >= 15 is 0 Å². The second kappa shape index (κ2) is 8.45. The number of benzene rings is 1. The van der Waals surface area contributed by atoms with Gasteiger partial charge < -0.3 is 9.80 Å². The molecule has 3 atom stereocenters. The van der Waals surface area contributed by atoms with Gasteiger partial charge in [0, 0.05) is 24.0 Å². The number of piperazine rings is 1. The van der Waals surface area contributed by atoms with Gasteiger partial charge in [-0.2, -0.15) is 4.31 Å². The van der Waals surface area contributed by atoms with E-state index in [2.05, 4.69) is 0 Å². The maximum Gasteiger partial charge on any atom is 0.246 e. The van der Waals surface area contributed by atoms with Crippen molar-refractivity contribution in [1.29, 1.82) is 0 Å². The summed E-state index contributed by atoms with van der Waals surface area (Å²) in [6.07, 6.45) is 0.721. The van der Waals surface area contributed by atoms with E-state index in [9.17, 15) is 18.0 Å². The minimum absolute atomic E-state index is 0.0691. The molecule has 30 heavy (non-hydrogen) atoms. The van der Waals surface area contributed by atoms with Crippen LogP contribution in [0.25, 0.3) is 0 Å². The standard InChI is InChI=1S/C20H29ClN4O4S/c1-13(2)23-12-18-24(30(5,28)29)11-17(22(3)4)20(27)25(18)16(19(23)26)10-14-6-8-15(21)9-7-14/h6-9,13,16-18H,10-12H2,1-5H3. The van der Waals surface area contributed by atoms with Crippen LogP contribution in [-0.4, -0.2) is 97.0 Å². The van der Waals surface area contributed by atoms with E-state index in [0.29, 0.717) is 11.4 Å². The van der Waals surface area contributed by atoms with Gasteiger partial charge in [-0.15, -0.1) is 0 Å². The number of nitrogens with zero attached hydrogens (tertiary/aromatic N) is 4. The van der Waals surface area contributed by atoms with E-state index in [0.717, 1.165) is 11.8 Å². The Hall–Kier alpha value is -1.68. The first kappa shape index (κ1) is 23.0. The van der Waals surface area contributed by atoms with Crippen molar-refractivity contribution in [2.75, 3.05) is 33.4 Å². The lowest BCUT2D eigenvalue weighted by atomic mass is 9.96. The summed E-state index contributed by atoms with van der Waals surface area (Å²) in [5.74, 6) is -0.391. The molecule has 0 N–H and O–H groups in total. The molecule has 0 bridgehead atoms. The third-order valence-electron chi connectivity index (χ3n) is 5.82. The molecule has 0 saturated carbocycles. The maximum absolute atomic E-state index is 13.4. The van der Waals surface area contributed by atoms with Gasteiger partial charge in [0.2, 0.25) is 21.8 Å². The summed E-state index contributed by atoms with van der Waals surface area (Å²) in [6.45, 7) is 4.02. The molecule has 2 heterocycles. The van der Waals surface area contributed by atoms with Crippen molar-refractivity contribution in [3.05, 3.63) is 34.9 Å². The van der Waals surface area contributed by atoms with Crippen LogP contribution < -0.4 is 0 Å². The van der Waals surface area contributed by atoms with E-state index in [1.807, 2.05) is 26.0 Å². The van der Waals surface area contributed by atoms with Crippen molar-refractivity contribution in [1.82, 2.24) is 19.0 Å². The maximum atomic E-state index is 13.4. The van der Waals surface area contributed by atoms with Crippen LogP contribution in [0.15, 0.2) is 24.3 Å². The van der Waals surface area contributed by atoms with Crippen LogP contribution in [0.2, 0.25) is 5.02 Å². The molecule has 0 aromatic heterocycles. The molecule has 2 amide bonds. The molecule has 2 aliphatic heterocycles. The molecule has 1 aromatic carbocycles. The van der Waals surface area contributed by atoms with Crippen molar-refractivity contribution in [3.8, 4) is 0 Å². The minimum Gasteiger partial charge on any atom is -0.335 e. The number of carbonyl (C=O) groups is 2.